The van der Waals surface area contributed by atoms with Crippen molar-refractivity contribution in [1.82, 2.24) is 9.88 Å². The topological polar surface area (TPSA) is 84.1 Å². The number of ether oxygens (including phenoxy) is 1. The Hall–Kier alpha value is -3.33. The van der Waals surface area contributed by atoms with Crippen LogP contribution in [0.4, 0.5) is 0 Å². The number of esters is 1. The normalized spacial score (nSPS) is 12.4. The summed E-state index contributed by atoms with van der Waals surface area (Å²) < 4.78 is 7.38. The minimum Gasteiger partial charge on any atom is -0.448 e. The maximum absolute atomic E-state index is 12.4. The first-order valence-electron chi connectivity index (χ1n) is 10.0. The van der Waals surface area contributed by atoms with Gasteiger partial charge in [0.05, 0.1) is 0 Å². The van der Waals surface area contributed by atoms with E-state index in [0.717, 1.165) is 29.1 Å². The summed E-state index contributed by atoms with van der Waals surface area (Å²) in [5.41, 5.74) is 3.64. The van der Waals surface area contributed by atoms with Gasteiger partial charge in [-0.3, -0.25) is 4.79 Å². The third-order valence-electron chi connectivity index (χ3n) is 4.76. The molecular formula is C24H29N3O3. The van der Waals surface area contributed by atoms with Crippen LogP contribution in [0.3, 0.4) is 0 Å². The van der Waals surface area contributed by atoms with E-state index in [-0.39, 0.29) is 5.57 Å². The summed E-state index contributed by atoms with van der Waals surface area (Å²) in [6.45, 7) is 10.9. The number of aromatic nitrogens is 1. The summed E-state index contributed by atoms with van der Waals surface area (Å²) in [6.07, 6.45) is 0.516. The Morgan fingerprint density at radius 2 is 1.87 bits per heavy atom. The van der Waals surface area contributed by atoms with Crippen LogP contribution in [0.5, 0.6) is 0 Å². The number of rotatable bonds is 8. The molecular weight excluding hydrogens is 378 g/mol. The summed E-state index contributed by atoms with van der Waals surface area (Å²) >= 11 is 0. The van der Waals surface area contributed by atoms with Gasteiger partial charge < -0.3 is 14.6 Å². The molecule has 158 valence electrons. The zero-order chi connectivity index (χ0) is 22.3. The van der Waals surface area contributed by atoms with Crippen molar-refractivity contribution in [2.24, 2.45) is 5.92 Å². The molecule has 1 aromatic carbocycles. The van der Waals surface area contributed by atoms with E-state index in [1.165, 1.54) is 13.0 Å². The SMILES string of the molecule is Cc1cc(/C=C(\C#N)C(=O)O[C@H](C)C(=O)NCc2ccccc2)c(C)n1CC(C)C. The lowest BCUT2D eigenvalue weighted by Crippen LogP contribution is -2.35. The van der Waals surface area contributed by atoms with Crippen LogP contribution in [0.1, 0.15) is 43.3 Å². The molecule has 1 amide bonds. The van der Waals surface area contributed by atoms with Gasteiger partial charge in [0.2, 0.25) is 0 Å². The summed E-state index contributed by atoms with van der Waals surface area (Å²) in [7, 11) is 0. The molecule has 0 radical (unpaired) electrons. The van der Waals surface area contributed by atoms with Gasteiger partial charge in [0, 0.05) is 24.5 Å². The van der Waals surface area contributed by atoms with Gasteiger partial charge in [0.25, 0.3) is 5.91 Å². The number of nitrogens with zero attached hydrogens (tertiary/aromatic N) is 2. The molecule has 1 heterocycles. The molecule has 0 spiro atoms. The van der Waals surface area contributed by atoms with E-state index in [0.29, 0.717) is 12.5 Å². The minimum absolute atomic E-state index is 0.137. The molecule has 1 aromatic heterocycles. The smallest absolute Gasteiger partial charge is 0.349 e. The van der Waals surface area contributed by atoms with Crippen LogP contribution in [0.25, 0.3) is 6.08 Å². The molecule has 2 aromatic rings. The van der Waals surface area contributed by atoms with Gasteiger partial charge in [-0.1, -0.05) is 44.2 Å². The van der Waals surface area contributed by atoms with Crippen molar-refractivity contribution in [1.29, 1.82) is 5.26 Å². The number of nitriles is 1. The van der Waals surface area contributed by atoms with Gasteiger partial charge in [-0.2, -0.15) is 5.26 Å². The van der Waals surface area contributed by atoms with Gasteiger partial charge in [0.15, 0.2) is 6.10 Å². The number of hydrogen-bond donors (Lipinski definition) is 1. The highest BCUT2D eigenvalue weighted by molar-refractivity contribution is 5.99. The number of hydrogen-bond acceptors (Lipinski definition) is 4. The minimum atomic E-state index is -1.01. The summed E-state index contributed by atoms with van der Waals surface area (Å²) in [4.78, 5) is 24.7. The predicted molar refractivity (Wildman–Crippen MR) is 116 cm³/mol. The largest absolute Gasteiger partial charge is 0.448 e. The Balaban J connectivity index is 2.05. The lowest BCUT2D eigenvalue weighted by molar-refractivity contribution is -0.150. The first-order chi connectivity index (χ1) is 14.2. The fourth-order valence-corrected chi connectivity index (χ4v) is 3.12. The third kappa shape index (κ3) is 6.08. The number of carbonyl (C=O) groups excluding carboxylic acids is 2. The number of aryl methyl sites for hydroxylation is 1. The molecule has 6 heteroatoms. The van der Waals surface area contributed by atoms with Crippen LogP contribution < -0.4 is 5.32 Å². The Kier molecular flexibility index (Phi) is 7.99. The average molecular weight is 408 g/mol. The molecule has 0 saturated heterocycles. The van der Waals surface area contributed by atoms with Crippen molar-refractivity contribution in [3.63, 3.8) is 0 Å². The molecule has 0 fully saturated rings. The molecule has 2 rings (SSSR count). The highest BCUT2D eigenvalue weighted by Crippen LogP contribution is 2.20. The first kappa shape index (κ1) is 23.0. The fraction of sp³-hybridized carbons (Fsp3) is 0.375. The standard InChI is InChI=1S/C24H29N3O3/c1-16(2)15-27-17(3)11-21(18(27)4)12-22(13-25)24(29)30-19(5)23(28)26-14-20-9-7-6-8-10-20/h6-12,16,19H,14-15H2,1-5H3,(H,26,28)/b22-12+/t19-/m1/s1. The number of nitrogens with one attached hydrogen (secondary N) is 1. The average Bonchev–Trinajstić information content (AvgIpc) is 2.97. The van der Waals surface area contributed by atoms with E-state index in [4.69, 9.17) is 4.74 Å². The van der Waals surface area contributed by atoms with E-state index in [9.17, 15) is 14.9 Å². The predicted octanol–water partition coefficient (Wildman–Crippen LogP) is 3.92. The van der Waals surface area contributed by atoms with Gasteiger partial charge in [-0.15, -0.1) is 0 Å². The Bertz CT molecular complexity index is 966. The number of benzene rings is 1. The molecule has 0 aliphatic rings. The van der Waals surface area contributed by atoms with Crippen LogP contribution in [0.15, 0.2) is 42.0 Å². The van der Waals surface area contributed by atoms with Crippen molar-refractivity contribution in [3.8, 4) is 6.07 Å². The molecule has 0 aliphatic carbocycles. The third-order valence-corrected chi connectivity index (χ3v) is 4.76. The molecule has 1 N–H and O–H groups in total. The number of carbonyl (C=O) groups is 2. The lowest BCUT2D eigenvalue weighted by Gasteiger charge is -2.13. The second-order valence-corrected chi connectivity index (χ2v) is 7.75. The van der Waals surface area contributed by atoms with Crippen LogP contribution in [0.2, 0.25) is 0 Å². The van der Waals surface area contributed by atoms with E-state index in [1.807, 2.05) is 56.3 Å². The second-order valence-electron chi connectivity index (χ2n) is 7.75. The maximum atomic E-state index is 12.4. The van der Waals surface area contributed by atoms with Gasteiger partial charge in [0.1, 0.15) is 11.6 Å². The van der Waals surface area contributed by atoms with Crippen molar-refractivity contribution >= 4 is 18.0 Å². The van der Waals surface area contributed by atoms with E-state index < -0.39 is 18.0 Å². The molecule has 0 aliphatic heterocycles. The van der Waals surface area contributed by atoms with E-state index >= 15 is 0 Å². The van der Waals surface area contributed by atoms with Crippen LogP contribution in [-0.2, 0) is 27.4 Å². The summed E-state index contributed by atoms with van der Waals surface area (Å²) in [5.74, 6) is -0.754. The zero-order valence-corrected chi connectivity index (χ0v) is 18.2. The molecule has 1 atom stereocenters. The second kappa shape index (κ2) is 10.4. The van der Waals surface area contributed by atoms with E-state index in [2.05, 4.69) is 23.7 Å². The maximum Gasteiger partial charge on any atom is 0.349 e. The lowest BCUT2D eigenvalue weighted by atomic mass is 10.1. The van der Waals surface area contributed by atoms with Crippen LogP contribution >= 0.6 is 0 Å². The summed E-state index contributed by atoms with van der Waals surface area (Å²) in [6, 6.07) is 13.3. The molecule has 0 saturated carbocycles. The van der Waals surface area contributed by atoms with Crippen molar-refractivity contribution in [2.75, 3.05) is 0 Å². The summed E-state index contributed by atoms with van der Waals surface area (Å²) in [5, 5.41) is 12.2. The van der Waals surface area contributed by atoms with Crippen molar-refractivity contribution in [2.45, 2.75) is 53.8 Å². The van der Waals surface area contributed by atoms with Crippen molar-refractivity contribution < 1.29 is 14.3 Å². The highest BCUT2D eigenvalue weighted by Gasteiger charge is 2.21. The van der Waals surface area contributed by atoms with Crippen LogP contribution in [0, 0.1) is 31.1 Å². The first-order valence-corrected chi connectivity index (χ1v) is 10.0. The Morgan fingerprint density at radius 3 is 2.47 bits per heavy atom. The van der Waals surface area contributed by atoms with Crippen molar-refractivity contribution in [3.05, 3.63) is 64.5 Å². The van der Waals surface area contributed by atoms with Gasteiger partial charge in [-0.25, -0.2) is 4.79 Å². The van der Waals surface area contributed by atoms with E-state index in [1.54, 1.807) is 0 Å². The molecule has 0 unspecified atom stereocenters. The highest BCUT2D eigenvalue weighted by atomic mass is 16.5. The van der Waals surface area contributed by atoms with Gasteiger partial charge in [-0.05, 0) is 50.0 Å². The Labute approximate surface area is 178 Å². The van der Waals surface area contributed by atoms with Gasteiger partial charge >= 0.3 is 5.97 Å². The molecule has 30 heavy (non-hydrogen) atoms. The molecule has 0 bridgehead atoms. The monoisotopic (exact) mass is 407 g/mol. The quantitative estimate of drug-likeness (QED) is 0.408. The zero-order valence-electron chi connectivity index (χ0n) is 18.2. The number of amides is 1. The fourth-order valence-electron chi connectivity index (χ4n) is 3.12. The Morgan fingerprint density at radius 1 is 1.20 bits per heavy atom. The van der Waals surface area contributed by atoms with Crippen LogP contribution in [-0.4, -0.2) is 22.5 Å². The molecule has 6 nitrogen and oxygen atoms in total.